The molecule has 0 saturated carbocycles. The molecule has 0 unspecified atom stereocenters. The fourth-order valence-corrected chi connectivity index (χ4v) is 2.29. The lowest BCUT2D eigenvalue weighted by Crippen LogP contribution is -2.13. The Morgan fingerprint density at radius 1 is 1.13 bits per heavy atom. The summed E-state index contributed by atoms with van der Waals surface area (Å²) < 4.78 is 5.30. The molecule has 0 amide bonds. The van der Waals surface area contributed by atoms with E-state index in [1.807, 2.05) is 0 Å². The highest BCUT2D eigenvalue weighted by molar-refractivity contribution is 6.01. The first-order chi connectivity index (χ1) is 10.8. The molecule has 3 N–H and O–H groups in total. The third-order valence-electron chi connectivity index (χ3n) is 3.38. The number of carboxylic acid groups (broad SMARTS) is 2. The molecule has 0 aliphatic rings. The van der Waals surface area contributed by atoms with Gasteiger partial charge in [0.15, 0.2) is 6.61 Å². The molecule has 7 nitrogen and oxygen atoms in total. The largest absolute Gasteiger partial charge is 0.485 e. The lowest BCUT2D eigenvalue weighted by molar-refractivity contribution is 0.0685. The first-order valence-electron chi connectivity index (χ1n) is 6.73. The Hall–Kier alpha value is -3.09. The van der Waals surface area contributed by atoms with E-state index in [4.69, 9.17) is 14.9 Å². The van der Waals surface area contributed by atoms with Gasteiger partial charge in [-0.05, 0) is 37.6 Å². The number of carboxylic acids is 2. The van der Waals surface area contributed by atoms with Crippen LogP contribution in [-0.4, -0.2) is 39.5 Å². The highest BCUT2D eigenvalue weighted by Crippen LogP contribution is 2.19. The molecular formula is C16H15NO6. The van der Waals surface area contributed by atoms with Gasteiger partial charge in [-0.1, -0.05) is 6.07 Å². The Morgan fingerprint density at radius 2 is 1.83 bits per heavy atom. The number of H-pyrrole nitrogens is 1. The Kier molecular flexibility index (Phi) is 4.49. The van der Waals surface area contributed by atoms with E-state index in [0.29, 0.717) is 11.3 Å². The van der Waals surface area contributed by atoms with Crippen LogP contribution in [0.3, 0.4) is 0 Å². The average Bonchev–Trinajstić information content (AvgIpc) is 2.80. The predicted octanol–water partition coefficient (Wildman–Crippen LogP) is 2.29. The fourth-order valence-electron chi connectivity index (χ4n) is 2.29. The minimum atomic E-state index is -1.11. The molecule has 0 aliphatic heterocycles. The number of benzene rings is 1. The average molecular weight is 317 g/mol. The SMILES string of the molecule is Cc1[nH]c(C(=O)COc2cccc(C(=O)O)c2)c(C)c1C(=O)O. The van der Waals surface area contributed by atoms with Gasteiger partial charge in [0, 0.05) is 5.69 Å². The Bertz CT molecular complexity index is 790. The topological polar surface area (TPSA) is 117 Å². The minimum absolute atomic E-state index is 0.0509. The Balaban J connectivity index is 2.14. The van der Waals surface area contributed by atoms with Crippen molar-refractivity contribution in [2.75, 3.05) is 6.61 Å². The van der Waals surface area contributed by atoms with E-state index in [1.54, 1.807) is 13.8 Å². The van der Waals surface area contributed by atoms with Crippen LogP contribution in [0.15, 0.2) is 24.3 Å². The van der Waals surface area contributed by atoms with Gasteiger partial charge in [-0.15, -0.1) is 0 Å². The van der Waals surface area contributed by atoms with E-state index in [1.165, 1.54) is 24.3 Å². The number of hydrogen-bond donors (Lipinski definition) is 3. The maximum Gasteiger partial charge on any atom is 0.337 e. The van der Waals surface area contributed by atoms with Crippen molar-refractivity contribution in [3.8, 4) is 5.75 Å². The molecule has 0 radical (unpaired) electrons. The summed E-state index contributed by atoms with van der Waals surface area (Å²) in [7, 11) is 0. The molecule has 0 saturated heterocycles. The summed E-state index contributed by atoms with van der Waals surface area (Å²) in [6.45, 7) is 2.79. The number of ether oxygens (including phenoxy) is 1. The summed E-state index contributed by atoms with van der Waals surface area (Å²) in [5.41, 5.74) is 1.04. The summed E-state index contributed by atoms with van der Waals surface area (Å²) >= 11 is 0. The summed E-state index contributed by atoms with van der Waals surface area (Å²) in [5.74, 6) is -2.37. The van der Waals surface area contributed by atoms with Gasteiger partial charge in [0.1, 0.15) is 5.75 Å². The van der Waals surface area contributed by atoms with Gasteiger partial charge in [-0.2, -0.15) is 0 Å². The summed E-state index contributed by atoms with van der Waals surface area (Å²) in [4.78, 5) is 37.0. The van der Waals surface area contributed by atoms with Crippen LogP contribution < -0.4 is 4.74 Å². The number of aromatic nitrogens is 1. The van der Waals surface area contributed by atoms with E-state index in [-0.39, 0.29) is 29.2 Å². The standard InChI is InChI=1S/C16H15NO6/c1-8-13(16(21)22)9(2)17-14(8)12(18)7-23-11-5-3-4-10(6-11)15(19)20/h3-6,17H,7H2,1-2H3,(H,19,20)(H,21,22). The highest BCUT2D eigenvalue weighted by atomic mass is 16.5. The molecule has 0 bridgehead atoms. The molecule has 23 heavy (non-hydrogen) atoms. The normalized spacial score (nSPS) is 10.3. The highest BCUT2D eigenvalue weighted by Gasteiger charge is 2.21. The number of carbonyl (C=O) groups is 3. The molecule has 1 heterocycles. The van der Waals surface area contributed by atoms with Gasteiger partial charge >= 0.3 is 11.9 Å². The zero-order valence-corrected chi connectivity index (χ0v) is 12.5. The molecule has 120 valence electrons. The van der Waals surface area contributed by atoms with Crippen LogP contribution in [0, 0.1) is 13.8 Å². The molecule has 0 aliphatic carbocycles. The van der Waals surface area contributed by atoms with Gasteiger partial charge in [-0.25, -0.2) is 9.59 Å². The predicted molar refractivity (Wildman–Crippen MR) is 80.5 cm³/mol. The number of carbonyl (C=O) groups excluding carboxylic acids is 1. The van der Waals surface area contributed by atoms with Crippen LogP contribution in [0.2, 0.25) is 0 Å². The number of hydrogen-bond acceptors (Lipinski definition) is 4. The molecule has 7 heteroatoms. The quantitative estimate of drug-likeness (QED) is 0.704. The second-order valence-corrected chi connectivity index (χ2v) is 4.97. The first-order valence-corrected chi connectivity index (χ1v) is 6.73. The molecular weight excluding hydrogens is 302 g/mol. The summed E-state index contributed by atoms with van der Waals surface area (Å²) in [5, 5.41) is 18.0. The number of rotatable bonds is 6. The van der Waals surface area contributed by atoms with Crippen LogP contribution >= 0.6 is 0 Å². The van der Waals surface area contributed by atoms with Crippen molar-refractivity contribution in [1.29, 1.82) is 0 Å². The maximum atomic E-state index is 12.2. The zero-order valence-electron chi connectivity index (χ0n) is 12.5. The molecule has 1 aromatic heterocycles. The Morgan fingerprint density at radius 3 is 2.39 bits per heavy atom. The van der Waals surface area contributed by atoms with E-state index < -0.39 is 17.7 Å². The summed E-state index contributed by atoms with van der Waals surface area (Å²) in [6.07, 6.45) is 0. The van der Waals surface area contributed by atoms with E-state index in [2.05, 4.69) is 4.98 Å². The van der Waals surface area contributed by atoms with Gasteiger partial charge in [-0.3, -0.25) is 4.79 Å². The van der Waals surface area contributed by atoms with E-state index >= 15 is 0 Å². The van der Waals surface area contributed by atoms with Crippen LogP contribution in [-0.2, 0) is 0 Å². The van der Waals surface area contributed by atoms with Crippen molar-refractivity contribution < 1.29 is 29.3 Å². The van der Waals surface area contributed by atoms with Crippen molar-refractivity contribution in [1.82, 2.24) is 4.98 Å². The molecule has 2 rings (SSSR count). The van der Waals surface area contributed by atoms with E-state index in [9.17, 15) is 14.4 Å². The summed E-state index contributed by atoms with van der Waals surface area (Å²) in [6, 6.07) is 5.77. The number of aromatic carboxylic acids is 2. The minimum Gasteiger partial charge on any atom is -0.485 e. The molecule has 0 atom stereocenters. The lowest BCUT2D eigenvalue weighted by Gasteiger charge is -2.06. The van der Waals surface area contributed by atoms with Crippen molar-refractivity contribution in [2.24, 2.45) is 0 Å². The number of aromatic amines is 1. The zero-order chi connectivity index (χ0) is 17.1. The van der Waals surface area contributed by atoms with Gasteiger partial charge in [0.25, 0.3) is 0 Å². The first kappa shape index (κ1) is 16.3. The van der Waals surface area contributed by atoms with Crippen molar-refractivity contribution in [3.63, 3.8) is 0 Å². The molecule has 1 aromatic carbocycles. The maximum absolute atomic E-state index is 12.2. The number of nitrogens with one attached hydrogen (secondary N) is 1. The van der Waals surface area contributed by atoms with Crippen LogP contribution in [0.5, 0.6) is 5.75 Å². The van der Waals surface area contributed by atoms with Gasteiger partial charge < -0.3 is 19.9 Å². The number of Topliss-reactive ketones (excluding diaryl/α,β-unsaturated/α-hetero) is 1. The molecule has 0 fully saturated rings. The van der Waals surface area contributed by atoms with Crippen molar-refractivity contribution in [3.05, 3.63) is 52.3 Å². The third kappa shape index (κ3) is 3.39. The van der Waals surface area contributed by atoms with E-state index in [0.717, 1.165) is 0 Å². The monoisotopic (exact) mass is 317 g/mol. The molecule has 2 aromatic rings. The third-order valence-corrected chi connectivity index (χ3v) is 3.38. The molecule has 0 spiro atoms. The van der Waals surface area contributed by atoms with Gasteiger partial charge in [0.05, 0.1) is 16.8 Å². The smallest absolute Gasteiger partial charge is 0.337 e. The second-order valence-electron chi connectivity index (χ2n) is 4.97. The lowest BCUT2D eigenvalue weighted by atomic mass is 10.1. The van der Waals surface area contributed by atoms with Crippen LogP contribution in [0.1, 0.15) is 42.5 Å². The number of aryl methyl sites for hydroxylation is 1. The Labute approximate surface area is 131 Å². The van der Waals surface area contributed by atoms with Crippen LogP contribution in [0.25, 0.3) is 0 Å². The van der Waals surface area contributed by atoms with Crippen molar-refractivity contribution in [2.45, 2.75) is 13.8 Å². The van der Waals surface area contributed by atoms with Crippen molar-refractivity contribution >= 4 is 17.7 Å². The van der Waals surface area contributed by atoms with Crippen LogP contribution in [0.4, 0.5) is 0 Å². The van der Waals surface area contributed by atoms with Gasteiger partial charge in [0.2, 0.25) is 5.78 Å². The fraction of sp³-hybridized carbons (Fsp3) is 0.188. The number of ketones is 1. The second kappa shape index (κ2) is 6.35.